The first-order valence-corrected chi connectivity index (χ1v) is 8.22. The highest BCUT2D eigenvalue weighted by atomic mass is 16.5. The Morgan fingerprint density at radius 2 is 1.59 bits per heavy atom. The number of carbonyl (C=O) groups is 2. The molecule has 3 rings (SSSR count). The molecule has 0 saturated carbocycles. The predicted octanol–water partition coefficient (Wildman–Crippen LogP) is 4.19. The van der Waals surface area contributed by atoms with Crippen molar-refractivity contribution in [1.29, 1.82) is 0 Å². The summed E-state index contributed by atoms with van der Waals surface area (Å²) in [6.07, 6.45) is 4.49. The number of hydrogen-bond donors (Lipinski definition) is 2. The van der Waals surface area contributed by atoms with Gasteiger partial charge >= 0.3 is 0 Å². The summed E-state index contributed by atoms with van der Waals surface area (Å²) in [5.74, 6) is 0.780. The Hall–Kier alpha value is -3.80. The van der Waals surface area contributed by atoms with Crippen LogP contribution < -0.4 is 15.4 Å². The average Bonchev–Trinajstić information content (AvgIpc) is 3.21. The topological polar surface area (TPSA) is 80.6 Å². The lowest BCUT2D eigenvalue weighted by Crippen LogP contribution is -2.12. The standard InChI is InChI=1S/C21H18N2O4/c1-26-18-10-8-17(9-11-18)23-21(25)15-4-6-16(7-5-15)22-20(24)13-12-19-3-2-14-27-19/h2-14H,1H3,(H,22,24)(H,23,25)/b13-12+. The van der Waals surface area contributed by atoms with E-state index >= 15 is 0 Å². The summed E-state index contributed by atoms with van der Waals surface area (Å²) < 4.78 is 10.2. The molecule has 0 radical (unpaired) electrons. The van der Waals surface area contributed by atoms with Crippen LogP contribution in [0.15, 0.2) is 77.4 Å². The minimum Gasteiger partial charge on any atom is -0.497 e. The molecule has 2 amide bonds. The van der Waals surface area contributed by atoms with Crippen LogP contribution in [0.2, 0.25) is 0 Å². The molecular formula is C21H18N2O4. The number of furan rings is 1. The fourth-order valence-corrected chi connectivity index (χ4v) is 2.31. The largest absolute Gasteiger partial charge is 0.497 e. The van der Waals surface area contributed by atoms with Crippen LogP contribution in [0.1, 0.15) is 16.1 Å². The number of methoxy groups -OCH3 is 1. The first kappa shape index (κ1) is 18.0. The molecule has 0 fully saturated rings. The number of anilines is 2. The molecule has 0 aliphatic heterocycles. The molecule has 0 unspecified atom stereocenters. The summed E-state index contributed by atoms with van der Waals surface area (Å²) >= 11 is 0. The number of amides is 2. The maximum absolute atomic E-state index is 12.3. The third-order valence-electron chi connectivity index (χ3n) is 3.70. The lowest BCUT2D eigenvalue weighted by Gasteiger charge is -2.07. The first-order valence-electron chi connectivity index (χ1n) is 8.22. The van der Waals surface area contributed by atoms with Gasteiger partial charge < -0.3 is 19.8 Å². The maximum Gasteiger partial charge on any atom is 0.255 e. The molecule has 136 valence electrons. The summed E-state index contributed by atoms with van der Waals surface area (Å²) in [6.45, 7) is 0. The van der Waals surface area contributed by atoms with Gasteiger partial charge in [0.05, 0.1) is 13.4 Å². The van der Waals surface area contributed by atoms with Gasteiger partial charge in [0.15, 0.2) is 0 Å². The van der Waals surface area contributed by atoms with E-state index in [1.807, 2.05) is 0 Å². The second kappa shape index (κ2) is 8.53. The third-order valence-corrected chi connectivity index (χ3v) is 3.70. The van der Waals surface area contributed by atoms with Crippen LogP contribution in [0.3, 0.4) is 0 Å². The zero-order valence-corrected chi connectivity index (χ0v) is 14.6. The van der Waals surface area contributed by atoms with Crippen LogP contribution in [0, 0.1) is 0 Å². The van der Waals surface area contributed by atoms with Crippen molar-refractivity contribution >= 4 is 29.3 Å². The summed E-state index contributed by atoms with van der Waals surface area (Å²) in [7, 11) is 1.58. The van der Waals surface area contributed by atoms with Crippen molar-refractivity contribution in [2.24, 2.45) is 0 Å². The summed E-state index contributed by atoms with van der Waals surface area (Å²) in [5, 5.41) is 5.52. The van der Waals surface area contributed by atoms with E-state index in [2.05, 4.69) is 10.6 Å². The Kier molecular flexibility index (Phi) is 5.69. The van der Waals surface area contributed by atoms with Crippen LogP contribution >= 0.6 is 0 Å². The predicted molar refractivity (Wildman–Crippen MR) is 104 cm³/mol. The Morgan fingerprint density at radius 1 is 0.926 bits per heavy atom. The van der Waals surface area contributed by atoms with Crippen molar-refractivity contribution in [3.05, 3.63) is 84.3 Å². The fraction of sp³-hybridized carbons (Fsp3) is 0.0476. The van der Waals surface area contributed by atoms with Crippen LogP contribution in [-0.4, -0.2) is 18.9 Å². The minimum atomic E-state index is -0.290. The average molecular weight is 362 g/mol. The SMILES string of the molecule is COc1ccc(NC(=O)c2ccc(NC(=O)/C=C/c3ccco3)cc2)cc1. The van der Waals surface area contributed by atoms with Gasteiger partial charge in [0.2, 0.25) is 5.91 Å². The Balaban J connectivity index is 1.57. The van der Waals surface area contributed by atoms with Gasteiger partial charge in [0, 0.05) is 23.0 Å². The molecule has 0 aliphatic rings. The fourth-order valence-electron chi connectivity index (χ4n) is 2.31. The van der Waals surface area contributed by atoms with Gasteiger partial charge in [-0.1, -0.05) is 0 Å². The smallest absolute Gasteiger partial charge is 0.255 e. The molecule has 1 heterocycles. The van der Waals surface area contributed by atoms with Crippen molar-refractivity contribution in [3.63, 3.8) is 0 Å². The van der Waals surface area contributed by atoms with Crippen molar-refractivity contribution in [1.82, 2.24) is 0 Å². The highest BCUT2D eigenvalue weighted by Gasteiger charge is 2.07. The van der Waals surface area contributed by atoms with E-state index in [0.717, 1.165) is 0 Å². The lowest BCUT2D eigenvalue weighted by atomic mass is 10.2. The molecule has 6 heteroatoms. The van der Waals surface area contributed by atoms with Gasteiger partial charge in [0.25, 0.3) is 5.91 Å². The van der Waals surface area contributed by atoms with Gasteiger partial charge in [-0.15, -0.1) is 0 Å². The van der Waals surface area contributed by atoms with Gasteiger partial charge in [-0.3, -0.25) is 9.59 Å². The molecule has 1 aromatic heterocycles. The molecule has 0 spiro atoms. The normalized spacial score (nSPS) is 10.6. The molecule has 0 saturated heterocycles. The van der Waals surface area contributed by atoms with E-state index in [1.165, 1.54) is 12.3 Å². The number of ether oxygens (including phenoxy) is 1. The van der Waals surface area contributed by atoms with Crippen LogP contribution in [0.5, 0.6) is 5.75 Å². The lowest BCUT2D eigenvalue weighted by molar-refractivity contribution is -0.111. The highest BCUT2D eigenvalue weighted by Crippen LogP contribution is 2.17. The van der Waals surface area contributed by atoms with Crippen molar-refractivity contribution in [2.45, 2.75) is 0 Å². The molecule has 6 nitrogen and oxygen atoms in total. The van der Waals surface area contributed by atoms with E-state index in [1.54, 1.807) is 73.8 Å². The molecular weight excluding hydrogens is 344 g/mol. The van der Waals surface area contributed by atoms with Crippen LogP contribution in [0.25, 0.3) is 6.08 Å². The second-order valence-corrected chi connectivity index (χ2v) is 5.60. The van der Waals surface area contributed by atoms with E-state index in [-0.39, 0.29) is 11.8 Å². The second-order valence-electron chi connectivity index (χ2n) is 5.60. The zero-order chi connectivity index (χ0) is 19.1. The number of carbonyl (C=O) groups excluding carboxylic acids is 2. The zero-order valence-electron chi connectivity index (χ0n) is 14.6. The van der Waals surface area contributed by atoms with E-state index in [4.69, 9.17) is 9.15 Å². The minimum absolute atomic E-state index is 0.240. The van der Waals surface area contributed by atoms with Gasteiger partial charge in [-0.2, -0.15) is 0 Å². The molecule has 2 N–H and O–H groups in total. The number of rotatable bonds is 6. The van der Waals surface area contributed by atoms with E-state index < -0.39 is 0 Å². The molecule has 0 bridgehead atoms. The number of nitrogens with one attached hydrogen (secondary N) is 2. The van der Waals surface area contributed by atoms with Crippen LogP contribution in [-0.2, 0) is 4.79 Å². The van der Waals surface area contributed by atoms with E-state index in [0.29, 0.717) is 28.4 Å². The van der Waals surface area contributed by atoms with Crippen molar-refractivity contribution in [2.75, 3.05) is 17.7 Å². The summed E-state index contributed by atoms with van der Waals surface area (Å²) in [4.78, 5) is 24.2. The highest BCUT2D eigenvalue weighted by molar-refractivity contribution is 6.05. The molecule has 2 aromatic carbocycles. The summed E-state index contributed by atoms with van der Waals surface area (Å²) in [5.41, 5.74) is 1.74. The molecule has 0 aliphatic carbocycles. The quantitative estimate of drug-likeness (QED) is 0.644. The van der Waals surface area contributed by atoms with Gasteiger partial charge in [-0.25, -0.2) is 0 Å². The number of benzene rings is 2. The first-order chi connectivity index (χ1) is 13.1. The van der Waals surface area contributed by atoms with Gasteiger partial charge in [-0.05, 0) is 66.7 Å². The third kappa shape index (κ3) is 5.09. The Labute approximate surface area is 156 Å². The molecule has 0 atom stereocenters. The molecule has 3 aromatic rings. The Bertz CT molecular complexity index is 927. The van der Waals surface area contributed by atoms with E-state index in [9.17, 15) is 9.59 Å². The van der Waals surface area contributed by atoms with Gasteiger partial charge in [0.1, 0.15) is 11.5 Å². The Morgan fingerprint density at radius 3 is 2.22 bits per heavy atom. The maximum atomic E-state index is 12.3. The molecule has 27 heavy (non-hydrogen) atoms. The van der Waals surface area contributed by atoms with Crippen molar-refractivity contribution in [3.8, 4) is 5.75 Å². The monoisotopic (exact) mass is 362 g/mol. The number of hydrogen-bond acceptors (Lipinski definition) is 4. The van der Waals surface area contributed by atoms with Crippen molar-refractivity contribution < 1.29 is 18.7 Å². The van der Waals surface area contributed by atoms with Crippen LogP contribution in [0.4, 0.5) is 11.4 Å². The summed E-state index contributed by atoms with van der Waals surface area (Å²) in [6, 6.07) is 17.2.